The fourth-order valence-electron chi connectivity index (χ4n) is 5.41. The van der Waals surface area contributed by atoms with Crippen LogP contribution in [-0.4, -0.2) is 49.1 Å². The Bertz CT molecular complexity index is 1490. The molecule has 6 nitrogen and oxygen atoms in total. The maximum Gasteiger partial charge on any atom is 0.266 e. The number of aromatic nitrogens is 1. The third kappa shape index (κ3) is 5.46. The molecule has 2 aromatic heterocycles. The number of amides is 1. The van der Waals surface area contributed by atoms with Crippen molar-refractivity contribution in [3.8, 4) is 22.8 Å². The summed E-state index contributed by atoms with van der Waals surface area (Å²) in [7, 11) is 5.19. The molecule has 2 heterocycles. The molecule has 5 rings (SSSR count). The maximum absolute atomic E-state index is 14.6. The summed E-state index contributed by atoms with van der Waals surface area (Å²) in [5, 5.41) is 3.83. The van der Waals surface area contributed by atoms with Crippen LogP contribution < -0.4 is 14.8 Å². The maximum atomic E-state index is 14.6. The van der Waals surface area contributed by atoms with Crippen molar-refractivity contribution < 1.29 is 18.7 Å². The predicted octanol–water partition coefficient (Wildman–Crippen LogP) is 6.95. The van der Waals surface area contributed by atoms with Gasteiger partial charge >= 0.3 is 0 Å². The van der Waals surface area contributed by atoms with Gasteiger partial charge in [-0.3, -0.25) is 4.79 Å². The molecule has 9 heteroatoms. The Morgan fingerprint density at radius 2 is 1.92 bits per heavy atom. The van der Waals surface area contributed by atoms with Crippen molar-refractivity contribution in [3.63, 3.8) is 0 Å². The van der Waals surface area contributed by atoms with E-state index in [1.807, 2.05) is 42.3 Å². The Hall–Kier alpha value is -3.20. The number of benzene rings is 2. The van der Waals surface area contributed by atoms with Crippen LogP contribution >= 0.6 is 22.9 Å². The molecule has 1 fully saturated rings. The number of carbonyl (C=O) groups is 1. The highest BCUT2D eigenvalue weighted by Crippen LogP contribution is 2.40. The van der Waals surface area contributed by atoms with Gasteiger partial charge in [0, 0.05) is 46.0 Å². The lowest BCUT2D eigenvalue weighted by Gasteiger charge is -2.37. The summed E-state index contributed by atoms with van der Waals surface area (Å²) in [4.78, 5) is 20.8. The molecule has 1 saturated carbocycles. The van der Waals surface area contributed by atoms with E-state index in [-0.39, 0.29) is 17.0 Å². The normalized spacial score (nSPS) is 17.3. The second kappa shape index (κ2) is 11.9. The number of nitrogens with one attached hydrogen (secondary N) is 1. The molecule has 0 spiro atoms. The third-order valence-electron chi connectivity index (χ3n) is 7.50. The van der Waals surface area contributed by atoms with Crippen LogP contribution in [0.2, 0.25) is 5.02 Å². The molecule has 0 saturated heterocycles. The van der Waals surface area contributed by atoms with Gasteiger partial charge in [-0.1, -0.05) is 23.7 Å². The lowest BCUT2D eigenvalue weighted by atomic mass is 9.89. The van der Waals surface area contributed by atoms with Gasteiger partial charge in [-0.2, -0.15) is 0 Å². The number of pyridine rings is 1. The topological polar surface area (TPSA) is 63.7 Å². The van der Waals surface area contributed by atoms with E-state index in [0.717, 1.165) is 42.4 Å². The van der Waals surface area contributed by atoms with Crippen LogP contribution in [0, 0.1) is 5.82 Å². The number of carbonyl (C=O) groups excluding carboxylic acids is 1. The number of thiophene rings is 1. The number of methoxy groups -OCH3 is 2. The van der Waals surface area contributed by atoms with E-state index in [4.69, 9.17) is 21.1 Å². The van der Waals surface area contributed by atoms with Crippen molar-refractivity contribution in [2.75, 3.05) is 21.3 Å². The van der Waals surface area contributed by atoms with Gasteiger partial charge in [0.1, 0.15) is 16.4 Å². The lowest BCUT2D eigenvalue weighted by molar-refractivity contribution is 0.0604. The zero-order valence-corrected chi connectivity index (χ0v) is 23.7. The Labute approximate surface area is 236 Å². The van der Waals surface area contributed by atoms with Crippen LogP contribution in [-0.2, 0) is 6.54 Å². The van der Waals surface area contributed by atoms with Gasteiger partial charge in [-0.15, -0.1) is 11.3 Å². The molecule has 2 aromatic carbocycles. The van der Waals surface area contributed by atoms with E-state index in [9.17, 15) is 9.18 Å². The number of ether oxygens (including phenoxy) is 2. The number of nitrogens with zero attached hydrogens (tertiary/aromatic N) is 2. The van der Waals surface area contributed by atoms with E-state index < -0.39 is 5.82 Å². The summed E-state index contributed by atoms with van der Waals surface area (Å²) in [6, 6.07) is 14.9. The summed E-state index contributed by atoms with van der Waals surface area (Å²) in [6.45, 7) is 0.320. The minimum absolute atomic E-state index is 0.00881. The zero-order chi connectivity index (χ0) is 27.5. The number of halogens is 2. The SMILES string of the molecule is CN[C@H]1CC[C@H](N(Cc2cc(-c3cccnc3OC)ccc2OC)C(=O)c2sc3cccc(F)c3c2Cl)CC1. The van der Waals surface area contributed by atoms with Gasteiger partial charge in [-0.25, -0.2) is 9.37 Å². The van der Waals surface area contributed by atoms with Gasteiger partial charge in [-0.05, 0) is 74.7 Å². The fourth-order valence-corrected chi connectivity index (χ4v) is 6.92. The summed E-state index contributed by atoms with van der Waals surface area (Å²) < 4.78 is 26.5. The van der Waals surface area contributed by atoms with Crippen LogP contribution in [0.25, 0.3) is 21.2 Å². The second-order valence-electron chi connectivity index (χ2n) is 9.67. The first-order valence-electron chi connectivity index (χ1n) is 13.0. The van der Waals surface area contributed by atoms with Crippen molar-refractivity contribution in [2.45, 2.75) is 44.3 Å². The summed E-state index contributed by atoms with van der Waals surface area (Å²) >= 11 is 7.89. The molecular formula is C30H31ClFN3O3S. The lowest BCUT2D eigenvalue weighted by Crippen LogP contribution is -2.44. The minimum Gasteiger partial charge on any atom is -0.496 e. The first-order valence-corrected chi connectivity index (χ1v) is 14.2. The van der Waals surface area contributed by atoms with Crippen LogP contribution in [0.4, 0.5) is 4.39 Å². The Morgan fingerprint density at radius 3 is 2.62 bits per heavy atom. The summed E-state index contributed by atoms with van der Waals surface area (Å²) in [6.07, 6.45) is 5.32. The highest BCUT2D eigenvalue weighted by atomic mass is 35.5. The molecule has 1 aliphatic rings. The fraction of sp³-hybridized carbons (Fsp3) is 0.333. The standard InChI is InChI=1S/C30H31ClFN3O3S/c1-33-20-10-12-21(13-11-20)35(30(36)28-27(31)26-23(32)7-4-8-25(26)39-28)17-19-16-18(9-14-24(19)37-2)22-6-5-15-34-29(22)38-3/h4-9,14-16,20-21,33H,10-13,17H2,1-3H3/t20-,21-. The average molecular weight is 568 g/mol. The van der Waals surface area contributed by atoms with Crippen molar-refractivity contribution in [2.24, 2.45) is 0 Å². The monoisotopic (exact) mass is 567 g/mol. The van der Waals surface area contributed by atoms with Crippen molar-refractivity contribution in [3.05, 3.63) is 76.0 Å². The molecule has 0 atom stereocenters. The molecule has 0 bridgehead atoms. The van der Waals surface area contributed by atoms with Crippen molar-refractivity contribution >= 4 is 38.9 Å². The number of rotatable bonds is 8. The predicted molar refractivity (Wildman–Crippen MR) is 155 cm³/mol. The quantitative estimate of drug-likeness (QED) is 0.250. The summed E-state index contributed by atoms with van der Waals surface area (Å²) in [5.74, 6) is 0.580. The van der Waals surface area contributed by atoms with E-state index in [1.54, 1.807) is 32.5 Å². The smallest absolute Gasteiger partial charge is 0.266 e. The molecule has 0 unspecified atom stereocenters. The highest BCUT2D eigenvalue weighted by molar-refractivity contribution is 7.21. The zero-order valence-electron chi connectivity index (χ0n) is 22.2. The van der Waals surface area contributed by atoms with Gasteiger partial charge in [0.15, 0.2) is 0 Å². The molecule has 1 amide bonds. The van der Waals surface area contributed by atoms with Gasteiger partial charge < -0.3 is 19.7 Å². The Morgan fingerprint density at radius 1 is 1.13 bits per heavy atom. The molecule has 1 aliphatic carbocycles. The number of fused-ring (bicyclic) bond motifs is 1. The molecule has 4 aromatic rings. The van der Waals surface area contributed by atoms with E-state index in [0.29, 0.717) is 39.2 Å². The second-order valence-corrected chi connectivity index (χ2v) is 11.1. The molecule has 204 valence electrons. The average Bonchev–Trinajstić information content (AvgIpc) is 3.32. The largest absolute Gasteiger partial charge is 0.496 e. The van der Waals surface area contributed by atoms with Crippen LogP contribution in [0.5, 0.6) is 11.6 Å². The third-order valence-corrected chi connectivity index (χ3v) is 9.14. The minimum atomic E-state index is -0.423. The first-order chi connectivity index (χ1) is 18.9. The van der Waals surface area contributed by atoms with E-state index in [1.165, 1.54) is 17.4 Å². The molecule has 1 N–H and O–H groups in total. The van der Waals surface area contributed by atoms with E-state index in [2.05, 4.69) is 10.3 Å². The van der Waals surface area contributed by atoms with Crippen LogP contribution in [0.1, 0.15) is 40.9 Å². The van der Waals surface area contributed by atoms with Gasteiger partial charge in [0.05, 0.1) is 19.2 Å². The summed E-state index contributed by atoms with van der Waals surface area (Å²) in [5.41, 5.74) is 2.61. The Balaban J connectivity index is 1.56. The van der Waals surface area contributed by atoms with Gasteiger partial charge in [0.25, 0.3) is 5.91 Å². The number of hydrogen-bond donors (Lipinski definition) is 1. The van der Waals surface area contributed by atoms with Gasteiger partial charge in [0.2, 0.25) is 5.88 Å². The first kappa shape index (κ1) is 27.4. The highest BCUT2D eigenvalue weighted by Gasteiger charge is 2.32. The Kier molecular flexibility index (Phi) is 8.35. The van der Waals surface area contributed by atoms with Crippen LogP contribution in [0.15, 0.2) is 54.7 Å². The van der Waals surface area contributed by atoms with E-state index >= 15 is 0 Å². The van der Waals surface area contributed by atoms with Crippen molar-refractivity contribution in [1.82, 2.24) is 15.2 Å². The van der Waals surface area contributed by atoms with Crippen molar-refractivity contribution in [1.29, 1.82) is 0 Å². The number of hydrogen-bond acceptors (Lipinski definition) is 6. The van der Waals surface area contributed by atoms with Crippen LogP contribution in [0.3, 0.4) is 0 Å². The molecule has 0 radical (unpaired) electrons. The molecule has 39 heavy (non-hydrogen) atoms. The molecule has 0 aliphatic heterocycles. The molecular weight excluding hydrogens is 537 g/mol.